The molecule has 0 bridgehead atoms. The van der Waals surface area contributed by atoms with Gasteiger partial charge in [-0.15, -0.1) is 10.2 Å². The number of aromatic nitrogens is 5. The number of carbonyl (C=O) groups is 1. The van der Waals surface area contributed by atoms with Gasteiger partial charge >= 0.3 is 0 Å². The summed E-state index contributed by atoms with van der Waals surface area (Å²) in [5.41, 5.74) is 1.81. The number of aryl methyl sites for hydroxylation is 1. The zero-order valence-electron chi connectivity index (χ0n) is 15.7. The Balaban J connectivity index is 1.51. The van der Waals surface area contributed by atoms with Crippen molar-refractivity contribution < 1.29 is 4.79 Å². The molecule has 0 N–H and O–H groups in total. The molecule has 1 atom stereocenters. The third-order valence-electron chi connectivity index (χ3n) is 5.31. The number of piperidine rings is 1. The van der Waals surface area contributed by atoms with E-state index < -0.39 is 0 Å². The van der Waals surface area contributed by atoms with Gasteiger partial charge in [-0.05, 0) is 37.5 Å². The van der Waals surface area contributed by atoms with Crippen LogP contribution in [0, 0.1) is 6.92 Å². The van der Waals surface area contributed by atoms with Crippen molar-refractivity contribution in [2.45, 2.75) is 32.2 Å². The van der Waals surface area contributed by atoms with E-state index in [4.69, 9.17) is 0 Å². The Morgan fingerprint density at radius 1 is 1.22 bits per heavy atom. The van der Waals surface area contributed by atoms with Crippen LogP contribution in [-0.4, -0.2) is 48.4 Å². The molecule has 1 aromatic carbocycles. The Morgan fingerprint density at radius 3 is 2.85 bits per heavy atom. The van der Waals surface area contributed by atoms with Crippen molar-refractivity contribution in [1.29, 1.82) is 0 Å². The molecule has 0 spiro atoms. The normalized spacial score (nSPS) is 17.3. The van der Waals surface area contributed by atoms with Gasteiger partial charge in [0.05, 0.1) is 0 Å². The molecule has 1 aliphatic heterocycles. The highest BCUT2D eigenvalue weighted by molar-refractivity contribution is 5.95. The Kier molecular flexibility index (Phi) is 4.75. The van der Waals surface area contributed by atoms with Crippen LogP contribution in [0.15, 0.2) is 42.7 Å². The molecule has 1 fully saturated rings. The predicted octanol–water partition coefficient (Wildman–Crippen LogP) is 2.39. The molecule has 0 unspecified atom stereocenters. The van der Waals surface area contributed by atoms with E-state index in [1.165, 1.54) is 0 Å². The third kappa shape index (κ3) is 3.49. The van der Waals surface area contributed by atoms with Gasteiger partial charge in [-0.1, -0.05) is 18.2 Å². The summed E-state index contributed by atoms with van der Waals surface area (Å²) >= 11 is 0. The number of benzene rings is 1. The summed E-state index contributed by atoms with van der Waals surface area (Å²) in [4.78, 5) is 14.9. The van der Waals surface area contributed by atoms with E-state index in [0.29, 0.717) is 13.1 Å². The molecule has 3 aromatic rings. The summed E-state index contributed by atoms with van der Waals surface area (Å²) < 4.78 is 3.89. The molecule has 7 heteroatoms. The van der Waals surface area contributed by atoms with Crippen LogP contribution in [0.2, 0.25) is 0 Å². The van der Waals surface area contributed by atoms with Crippen LogP contribution in [0.4, 0.5) is 0 Å². The van der Waals surface area contributed by atoms with Crippen molar-refractivity contribution >= 4 is 5.91 Å². The molecule has 1 amide bonds. The van der Waals surface area contributed by atoms with E-state index >= 15 is 0 Å². The number of hydrogen-bond donors (Lipinski definition) is 0. The maximum Gasteiger partial charge on any atom is 0.254 e. The van der Waals surface area contributed by atoms with Gasteiger partial charge in [-0.3, -0.25) is 9.48 Å². The zero-order chi connectivity index (χ0) is 18.8. The molecular formula is C20H24N6O. The Morgan fingerprint density at radius 2 is 2.07 bits per heavy atom. The standard InChI is InChI=1S/C20H24N6O/c1-15-7-3-4-9-17(15)20(27)25-11-5-8-16(13-25)19-23-22-18(24(19)2)14-26-12-6-10-21-26/h3-4,6-7,9-10,12,16H,5,8,11,13-14H2,1-2H3/t16-/m0/s1. The smallest absolute Gasteiger partial charge is 0.254 e. The number of hydrogen-bond acceptors (Lipinski definition) is 4. The van der Waals surface area contributed by atoms with Gasteiger partial charge in [0.25, 0.3) is 5.91 Å². The Hall–Kier alpha value is -2.96. The van der Waals surface area contributed by atoms with Crippen LogP contribution in [0.25, 0.3) is 0 Å². The minimum Gasteiger partial charge on any atom is -0.338 e. The first kappa shape index (κ1) is 17.5. The molecule has 140 valence electrons. The largest absolute Gasteiger partial charge is 0.338 e. The maximum absolute atomic E-state index is 13.0. The molecular weight excluding hydrogens is 340 g/mol. The Bertz CT molecular complexity index is 930. The van der Waals surface area contributed by atoms with Crippen LogP contribution in [0.5, 0.6) is 0 Å². The molecule has 0 radical (unpaired) electrons. The molecule has 0 saturated carbocycles. The molecule has 1 aliphatic rings. The van der Waals surface area contributed by atoms with E-state index in [1.807, 2.05) is 64.6 Å². The second-order valence-electron chi connectivity index (χ2n) is 7.14. The van der Waals surface area contributed by atoms with E-state index in [0.717, 1.165) is 42.2 Å². The number of likely N-dealkylation sites (tertiary alicyclic amines) is 1. The van der Waals surface area contributed by atoms with Crippen molar-refractivity contribution in [3.63, 3.8) is 0 Å². The highest BCUT2D eigenvalue weighted by Crippen LogP contribution is 2.27. The minimum absolute atomic E-state index is 0.108. The van der Waals surface area contributed by atoms with Crippen molar-refractivity contribution in [1.82, 2.24) is 29.4 Å². The van der Waals surface area contributed by atoms with Gasteiger partial charge in [0.1, 0.15) is 12.4 Å². The third-order valence-corrected chi connectivity index (χ3v) is 5.31. The SMILES string of the molecule is Cc1ccccc1C(=O)N1CCC[C@H](c2nnc(Cn3cccn3)n2C)C1. The fraction of sp³-hybridized carbons (Fsp3) is 0.400. The summed E-state index contributed by atoms with van der Waals surface area (Å²) in [6.07, 6.45) is 5.67. The lowest BCUT2D eigenvalue weighted by molar-refractivity contribution is 0.0702. The summed E-state index contributed by atoms with van der Waals surface area (Å²) in [5, 5.41) is 13.0. The lowest BCUT2D eigenvalue weighted by Crippen LogP contribution is -2.40. The first-order valence-electron chi connectivity index (χ1n) is 9.34. The molecule has 4 rings (SSSR count). The van der Waals surface area contributed by atoms with Gasteiger partial charge in [0.15, 0.2) is 5.82 Å². The fourth-order valence-corrected chi connectivity index (χ4v) is 3.76. The van der Waals surface area contributed by atoms with E-state index in [2.05, 4.69) is 15.3 Å². The summed E-state index contributed by atoms with van der Waals surface area (Å²) in [6, 6.07) is 9.68. The van der Waals surface area contributed by atoms with Crippen LogP contribution >= 0.6 is 0 Å². The number of rotatable bonds is 4. The summed E-state index contributed by atoms with van der Waals surface area (Å²) in [5.74, 6) is 2.13. The van der Waals surface area contributed by atoms with Gasteiger partial charge in [0.2, 0.25) is 0 Å². The van der Waals surface area contributed by atoms with E-state index in [9.17, 15) is 4.79 Å². The van der Waals surface area contributed by atoms with Gasteiger partial charge in [-0.2, -0.15) is 5.10 Å². The van der Waals surface area contributed by atoms with Gasteiger partial charge < -0.3 is 9.47 Å². The molecule has 2 aromatic heterocycles. The first-order valence-corrected chi connectivity index (χ1v) is 9.34. The highest BCUT2D eigenvalue weighted by Gasteiger charge is 2.29. The van der Waals surface area contributed by atoms with Gasteiger partial charge in [0, 0.05) is 44.0 Å². The minimum atomic E-state index is 0.108. The molecule has 1 saturated heterocycles. The topological polar surface area (TPSA) is 68.8 Å². The number of nitrogens with zero attached hydrogens (tertiary/aromatic N) is 6. The predicted molar refractivity (Wildman–Crippen MR) is 101 cm³/mol. The van der Waals surface area contributed by atoms with Crippen molar-refractivity contribution in [3.05, 3.63) is 65.5 Å². The average molecular weight is 364 g/mol. The van der Waals surface area contributed by atoms with Crippen LogP contribution in [0.3, 0.4) is 0 Å². The molecule has 0 aliphatic carbocycles. The lowest BCUT2D eigenvalue weighted by atomic mass is 9.96. The van der Waals surface area contributed by atoms with Crippen molar-refractivity contribution in [2.75, 3.05) is 13.1 Å². The van der Waals surface area contributed by atoms with Crippen LogP contribution in [0.1, 0.15) is 46.3 Å². The fourth-order valence-electron chi connectivity index (χ4n) is 3.76. The van der Waals surface area contributed by atoms with E-state index in [-0.39, 0.29) is 11.8 Å². The second kappa shape index (κ2) is 7.34. The molecule has 27 heavy (non-hydrogen) atoms. The highest BCUT2D eigenvalue weighted by atomic mass is 16.2. The molecule has 7 nitrogen and oxygen atoms in total. The van der Waals surface area contributed by atoms with Crippen molar-refractivity contribution in [2.24, 2.45) is 7.05 Å². The van der Waals surface area contributed by atoms with Crippen LogP contribution in [-0.2, 0) is 13.6 Å². The average Bonchev–Trinajstić information content (AvgIpc) is 3.32. The van der Waals surface area contributed by atoms with E-state index in [1.54, 1.807) is 6.20 Å². The maximum atomic E-state index is 13.0. The first-order chi connectivity index (χ1) is 13.1. The summed E-state index contributed by atoms with van der Waals surface area (Å²) in [7, 11) is 2.00. The van der Waals surface area contributed by atoms with Crippen LogP contribution < -0.4 is 0 Å². The monoisotopic (exact) mass is 364 g/mol. The summed E-state index contributed by atoms with van der Waals surface area (Å²) in [6.45, 7) is 4.05. The van der Waals surface area contributed by atoms with Crippen molar-refractivity contribution in [3.8, 4) is 0 Å². The second-order valence-corrected chi connectivity index (χ2v) is 7.14. The molecule has 3 heterocycles. The lowest BCUT2D eigenvalue weighted by Gasteiger charge is -2.32. The number of amides is 1. The quantitative estimate of drug-likeness (QED) is 0.713. The zero-order valence-corrected chi connectivity index (χ0v) is 15.7. The Labute approximate surface area is 158 Å². The van der Waals surface area contributed by atoms with Gasteiger partial charge in [-0.25, -0.2) is 0 Å². The number of carbonyl (C=O) groups excluding carboxylic acids is 1.